The molecular weight excluding hydrogens is 348 g/mol. The molecule has 136 valence electrons. The van der Waals surface area contributed by atoms with Crippen molar-refractivity contribution < 1.29 is 9.59 Å². The minimum atomic E-state index is -0.133. The Labute approximate surface area is 159 Å². The second kappa shape index (κ2) is 8.45. The Balaban J connectivity index is 1.61. The Bertz CT molecular complexity index is 792. The van der Waals surface area contributed by atoms with E-state index in [1.807, 2.05) is 30.0 Å². The van der Waals surface area contributed by atoms with Gasteiger partial charge >= 0.3 is 0 Å². The highest BCUT2D eigenvalue weighted by atomic mass is 35.5. The molecule has 0 radical (unpaired) electrons. The fourth-order valence-electron chi connectivity index (χ4n) is 3.50. The van der Waals surface area contributed by atoms with E-state index in [9.17, 15) is 9.59 Å². The molecule has 1 amide bonds. The average molecular weight is 371 g/mol. The van der Waals surface area contributed by atoms with E-state index in [1.165, 1.54) is 0 Å². The van der Waals surface area contributed by atoms with Gasteiger partial charge in [0.2, 0.25) is 5.91 Å². The Morgan fingerprint density at radius 2 is 2.15 bits per heavy atom. The lowest BCUT2D eigenvalue weighted by Crippen LogP contribution is -2.42. The minimum Gasteiger partial charge on any atom is -0.342 e. The maximum Gasteiger partial charge on any atom is 0.222 e. The van der Waals surface area contributed by atoms with Crippen LogP contribution in [0.1, 0.15) is 40.7 Å². The third-order valence-electron chi connectivity index (χ3n) is 4.95. The van der Waals surface area contributed by atoms with Crippen molar-refractivity contribution >= 4 is 23.3 Å². The Kier molecular flexibility index (Phi) is 6.04. The predicted molar refractivity (Wildman–Crippen MR) is 102 cm³/mol. The molecule has 5 heteroatoms. The first-order chi connectivity index (χ1) is 12.5. The highest BCUT2D eigenvalue weighted by molar-refractivity contribution is 6.30. The molecule has 0 N–H and O–H groups in total. The summed E-state index contributed by atoms with van der Waals surface area (Å²) in [4.78, 5) is 31.4. The van der Waals surface area contributed by atoms with Crippen LogP contribution in [-0.4, -0.2) is 34.7 Å². The molecule has 3 rings (SSSR count). The lowest BCUT2D eigenvalue weighted by molar-refractivity contribution is -0.132. The van der Waals surface area contributed by atoms with Crippen LogP contribution in [0.5, 0.6) is 0 Å². The van der Waals surface area contributed by atoms with Crippen LogP contribution in [0.4, 0.5) is 0 Å². The van der Waals surface area contributed by atoms with Crippen molar-refractivity contribution in [2.45, 2.75) is 32.6 Å². The van der Waals surface area contributed by atoms with Crippen molar-refractivity contribution in [1.82, 2.24) is 9.88 Å². The first kappa shape index (κ1) is 18.6. The first-order valence-corrected chi connectivity index (χ1v) is 9.39. The summed E-state index contributed by atoms with van der Waals surface area (Å²) >= 11 is 5.99. The molecule has 0 bridgehead atoms. The maximum atomic E-state index is 12.9. The van der Waals surface area contributed by atoms with E-state index < -0.39 is 0 Å². The van der Waals surface area contributed by atoms with Crippen LogP contribution in [-0.2, 0) is 11.2 Å². The lowest BCUT2D eigenvalue weighted by Gasteiger charge is -2.32. The van der Waals surface area contributed by atoms with Crippen LogP contribution >= 0.6 is 11.6 Å². The van der Waals surface area contributed by atoms with Crippen molar-refractivity contribution in [1.29, 1.82) is 0 Å². The number of amides is 1. The zero-order chi connectivity index (χ0) is 18.5. The summed E-state index contributed by atoms with van der Waals surface area (Å²) in [6.07, 6.45) is 6.34. The number of nitrogens with zero attached hydrogens (tertiary/aromatic N) is 2. The molecule has 0 spiro atoms. The zero-order valence-electron chi connectivity index (χ0n) is 15.0. The van der Waals surface area contributed by atoms with Gasteiger partial charge < -0.3 is 4.90 Å². The molecule has 2 aromatic rings. The molecule has 1 saturated heterocycles. The number of pyridine rings is 1. The van der Waals surface area contributed by atoms with Gasteiger partial charge in [-0.25, -0.2) is 0 Å². The number of likely N-dealkylation sites (tertiary alicyclic amines) is 1. The number of aryl methyl sites for hydroxylation is 2. The molecule has 1 aromatic carbocycles. The van der Waals surface area contributed by atoms with Crippen LogP contribution in [0.25, 0.3) is 0 Å². The SMILES string of the molecule is Cc1cc(Cl)ccc1C(=O)[C@H]1CCCN(C(=O)CCc2cccnc2)C1. The number of hydrogen-bond donors (Lipinski definition) is 0. The van der Waals surface area contributed by atoms with Crippen molar-refractivity contribution in [3.63, 3.8) is 0 Å². The monoisotopic (exact) mass is 370 g/mol. The van der Waals surface area contributed by atoms with Gasteiger partial charge in [0.25, 0.3) is 0 Å². The third-order valence-corrected chi connectivity index (χ3v) is 5.18. The number of ketones is 1. The van der Waals surface area contributed by atoms with Gasteiger partial charge in [-0.1, -0.05) is 17.7 Å². The van der Waals surface area contributed by atoms with Gasteiger partial charge in [0.1, 0.15) is 0 Å². The molecule has 0 aliphatic carbocycles. The van der Waals surface area contributed by atoms with Crippen LogP contribution < -0.4 is 0 Å². The molecule has 1 aromatic heterocycles. The summed E-state index contributed by atoms with van der Waals surface area (Å²) in [5.41, 5.74) is 2.66. The molecule has 0 unspecified atom stereocenters. The normalized spacial score (nSPS) is 17.2. The van der Waals surface area contributed by atoms with Crippen molar-refractivity contribution in [3.8, 4) is 0 Å². The second-order valence-electron chi connectivity index (χ2n) is 6.86. The number of hydrogen-bond acceptors (Lipinski definition) is 3. The second-order valence-corrected chi connectivity index (χ2v) is 7.30. The minimum absolute atomic E-state index is 0.110. The lowest BCUT2D eigenvalue weighted by atomic mass is 9.88. The summed E-state index contributed by atoms with van der Waals surface area (Å²) in [7, 11) is 0. The largest absolute Gasteiger partial charge is 0.342 e. The van der Waals surface area contributed by atoms with Crippen molar-refractivity contribution in [3.05, 3.63) is 64.4 Å². The van der Waals surface area contributed by atoms with Gasteiger partial charge in [0.05, 0.1) is 0 Å². The van der Waals surface area contributed by atoms with Crippen LogP contribution in [0.2, 0.25) is 5.02 Å². The summed E-state index contributed by atoms with van der Waals surface area (Å²) in [5, 5.41) is 0.634. The Morgan fingerprint density at radius 3 is 2.88 bits per heavy atom. The van der Waals surface area contributed by atoms with Crippen LogP contribution in [0.3, 0.4) is 0 Å². The molecule has 1 aliphatic heterocycles. The quantitative estimate of drug-likeness (QED) is 0.744. The number of piperidine rings is 1. The highest BCUT2D eigenvalue weighted by Gasteiger charge is 2.29. The van der Waals surface area contributed by atoms with Gasteiger partial charge in [0.15, 0.2) is 5.78 Å². The number of rotatable bonds is 5. The Hall–Kier alpha value is -2.20. The summed E-state index contributed by atoms with van der Waals surface area (Å²) in [6.45, 7) is 3.14. The van der Waals surface area contributed by atoms with Crippen molar-refractivity contribution in [2.75, 3.05) is 13.1 Å². The summed E-state index contributed by atoms with van der Waals surface area (Å²) in [5.74, 6) is 0.0917. The number of carbonyl (C=O) groups excluding carboxylic acids is 2. The molecule has 4 nitrogen and oxygen atoms in total. The van der Waals surface area contributed by atoms with E-state index in [0.717, 1.165) is 30.5 Å². The molecule has 0 saturated carbocycles. The first-order valence-electron chi connectivity index (χ1n) is 9.01. The number of halogens is 1. The third kappa shape index (κ3) is 4.50. The van der Waals surface area contributed by atoms with E-state index >= 15 is 0 Å². The molecule has 2 heterocycles. The van der Waals surface area contributed by atoms with E-state index in [2.05, 4.69) is 4.98 Å². The summed E-state index contributed by atoms with van der Waals surface area (Å²) < 4.78 is 0. The van der Waals surface area contributed by atoms with Gasteiger partial charge in [-0.2, -0.15) is 0 Å². The van der Waals surface area contributed by atoms with Gasteiger partial charge in [-0.05, 0) is 61.6 Å². The van der Waals surface area contributed by atoms with Crippen LogP contribution in [0.15, 0.2) is 42.7 Å². The molecular formula is C21H23ClN2O2. The molecule has 1 atom stereocenters. The van der Waals surface area contributed by atoms with E-state index in [1.54, 1.807) is 24.5 Å². The standard InChI is InChI=1S/C21H23ClN2O2/c1-15-12-18(22)7-8-19(15)21(26)17-5-3-11-24(14-17)20(25)9-6-16-4-2-10-23-13-16/h2,4,7-8,10,12-13,17H,3,5-6,9,11,14H2,1H3/t17-/m0/s1. The highest BCUT2D eigenvalue weighted by Crippen LogP contribution is 2.24. The van der Waals surface area contributed by atoms with E-state index in [4.69, 9.17) is 11.6 Å². The van der Waals surface area contributed by atoms with Gasteiger partial charge in [-0.15, -0.1) is 0 Å². The molecule has 26 heavy (non-hydrogen) atoms. The summed E-state index contributed by atoms with van der Waals surface area (Å²) in [6, 6.07) is 9.22. The molecule has 1 fully saturated rings. The molecule has 1 aliphatic rings. The van der Waals surface area contributed by atoms with E-state index in [0.29, 0.717) is 30.0 Å². The van der Waals surface area contributed by atoms with Gasteiger partial charge in [0, 0.05) is 48.4 Å². The fourth-order valence-corrected chi connectivity index (χ4v) is 3.72. The Morgan fingerprint density at radius 1 is 1.31 bits per heavy atom. The smallest absolute Gasteiger partial charge is 0.222 e. The zero-order valence-corrected chi connectivity index (χ0v) is 15.7. The average Bonchev–Trinajstić information content (AvgIpc) is 2.66. The number of Topliss-reactive ketones (excluding diaryl/α,β-unsaturated/α-hetero) is 1. The maximum absolute atomic E-state index is 12.9. The van der Waals surface area contributed by atoms with Gasteiger partial charge in [-0.3, -0.25) is 14.6 Å². The number of benzene rings is 1. The number of carbonyl (C=O) groups is 2. The predicted octanol–water partition coefficient (Wildman–Crippen LogP) is 4.10. The van der Waals surface area contributed by atoms with Crippen LogP contribution in [0, 0.1) is 12.8 Å². The van der Waals surface area contributed by atoms with E-state index in [-0.39, 0.29) is 17.6 Å². The topological polar surface area (TPSA) is 50.3 Å². The fraction of sp³-hybridized carbons (Fsp3) is 0.381. The van der Waals surface area contributed by atoms with Crippen molar-refractivity contribution in [2.24, 2.45) is 5.92 Å². The number of aromatic nitrogens is 1.